The lowest BCUT2D eigenvalue weighted by Crippen LogP contribution is -2.69. The van der Waals surface area contributed by atoms with Crippen molar-refractivity contribution in [1.29, 1.82) is 0 Å². The summed E-state index contributed by atoms with van der Waals surface area (Å²) in [5.74, 6) is 1.44. The van der Waals surface area contributed by atoms with Crippen LogP contribution in [0.1, 0.15) is 19.8 Å². The Morgan fingerprint density at radius 3 is 2.90 bits per heavy atom. The van der Waals surface area contributed by atoms with Gasteiger partial charge in [0.2, 0.25) is 0 Å². The van der Waals surface area contributed by atoms with Crippen molar-refractivity contribution in [2.75, 3.05) is 42.8 Å². The molecule has 31 heavy (non-hydrogen) atoms. The molecule has 160 valence electrons. The van der Waals surface area contributed by atoms with Crippen molar-refractivity contribution in [2.24, 2.45) is 0 Å². The largest absolute Gasteiger partial charge is 0.381 e. The molecule has 0 saturated carbocycles. The number of H-pyrrole nitrogens is 1. The standard InChI is InChI=1S/C22H24N6O3/c1-22-13-31-9-6-27(22)20-18(28(21(22)29)14-3-7-30-8-4-14)12-25-19(26-20)16-10-23-11-17-15(16)2-5-24-17/h2,5,10-12,14,24H,3-4,6-9,13H2,1H3/t22-/m0/s1. The lowest BCUT2D eigenvalue weighted by molar-refractivity contribution is -0.128. The summed E-state index contributed by atoms with van der Waals surface area (Å²) < 4.78 is 11.3. The van der Waals surface area contributed by atoms with Gasteiger partial charge in [-0.15, -0.1) is 0 Å². The molecular formula is C22H24N6O3. The average Bonchev–Trinajstić information content (AvgIpc) is 3.29. The molecule has 3 aliphatic rings. The van der Waals surface area contributed by atoms with Crippen LogP contribution < -0.4 is 9.80 Å². The maximum absolute atomic E-state index is 13.7. The number of aromatic amines is 1. The van der Waals surface area contributed by atoms with E-state index >= 15 is 0 Å². The second kappa shape index (κ2) is 7.00. The Morgan fingerprint density at radius 1 is 1.16 bits per heavy atom. The molecule has 0 bridgehead atoms. The maximum atomic E-state index is 13.7. The number of morpholine rings is 1. The van der Waals surface area contributed by atoms with E-state index in [0.29, 0.717) is 38.8 Å². The number of carbonyl (C=O) groups excluding carboxylic acids is 1. The number of anilines is 2. The zero-order valence-electron chi connectivity index (χ0n) is 17.4. The van der Waals surface area contributed by atoms with Crippen molar-refractivity contribution in [3.05, 3.63) is 30.9 Å². The molecule has 0 spiro atoms. The van der Waals surface area contributed by atoms with E-state index in [1.54, 1.807) is 18.6 Å². The number of amides is 1. The van der Waals surface area contributed by atoms with Crippen LogP contribution in [0.15, 0.2) is 30.9 Å². The van der Waals surface area contributed by atoms with Crippen LogP contribution >= 0.6 is 0 Å². The van der Waals surface area contributed by atoms with Gasteiger partial charge in [-0.1, -0.05) is 0 Å². The molecule has 3 aromatic heterocycles. The van der Waals surface area contributed by atoms with Crippen molar-refractivity contribution in [2.45, 2.75) is 31.3 Å². The van der Waals surface area contributed by atoms with Crippen LogP contribution in [0.4, 0.5) is 11.5 Å². The number of hydrogen-bond donors (Lipinski definition) is 1. The molecule has 1 N–H and O–H groups in total. The molecule has 3 aromatic rings. The Bertz CT molecular complexity index is 1160. The highest BCUT2D eigenvalue weighted by molar-refractivity contribution is 6.08. The van der Waals surface area contributed by atoms with Crippen molar-refractivity contribution >= 4 is 28.3 Å². The van der Waals surface area contributed by atoms with Crippen LogP contribution in [0.5, 0.6) is 0 Å². The van der Waals surface area contributed by atoms with Crippen LogP contribution in [-0.4, -0.2) is 70.4 Å². The summed E-state index contributed by atoms with van der Waals surface area (Å²) in [6.45, 7) is 4.79. The lowest BCUT2D eigenvalue weighted by Gasteiger charge is -2.52. The summed E-state index contributed by atoms with van der Waals surface area (Å²) in [5, 5.41) is 1.02. The van der Waals surface area contributed by atoms with Gasteiger partial charge < -0.3 is 24.3 Å². The molecule has 0 unspecified atom stereocenters. The molecule has 9 heteroatoms. The Morgan fingerprint density at radius 2 is 2.03 bits per heavy atom. The first-order valence-corrected chi connectivity index (χ1v) is 10.7. The summed E-state index contributed by atoms with van der Waals surface area (Å²) in [4.78, 5) is 35.0. The van der Waals surface area contributed by atoms with Crippen molar-refractivity contribution < 1.29 is 14.3 Å². The van der Waals surface area contributed by atoms with Gasteiger partial charge in [0, 0.05) is 49.1 Å². The van der Waals surface area contributed by atoms with Gasteiger partial charge in [0.25, 0.3) is 5.91 Å². The van der Waals surface area contributed by atoms with Gasteiger partial charge in [0.05, 0.1) is 31.1 Å². The molecule has 2 fully saturated rings. The van der Waals surface area contributed by atoms with E-state index in [1.807, 2.05) is 24.1 Å². The third-order valence-electron chi connectivity index (χ3n) is 6.66. The summed E-state index contributed by atoms with van der Waals surface area (Å²) in [5.41, 5.74) is 1.79. The number of rotatable bonds is 2. The van der Waals surface area contributed by atoms with Crippen LogP contribution in [-0.2, 0) is 14.3 Å². The number of aromatic nitrogens is 4. The van der Waals surface area contributed by atoms with Crippen LogP contribution in [0, 0.1) is 0 Å². The summed E-state index contributed by atoms with van der Waals surface area (Å²) in [6, 6.07) is 2.08. The van der Waals surface area contributed by atoms with E-state index in [4.69, 9.17) is 14.5 Å². The second-order valence-electron chi connectivity index (χ2n) is 8.53. The summed E-state index contributed by atoms with van der Waals surface area (Å²) in [6.07, 6.45) is 8.87. The van der Waals surface area contributed by atoms with Crippen LogP contribution in [0.25, 0.3) is 22.3 Å². The quantitative estimate of drug-likeness (QED) is 0.678. The zero-order valence-corrected chi connectivity index (χ0v) is 17.4. The SMILES string of the molecule is C[C@@]12COCCN1c1nc(-c3cncc4[nH]ccc34)ncc1N(C1CCOCC1)C2=O. The molecule has 0 radical (unpaired) electrons. The molecular weight excluding hydrogens is 396 g/mol. The van der Waals surface area contributed by atoms with Crippen molar-refractivity contribution in [3.63, 3.8) is 0 Å². The minimum absolute atomic E-state index is 0.0531. The molecule has 0 aliphatic carbocycles. The first kappa shape index (κ1) is 18.7. The highest BCUT2D eigenvalue weighted by Crippen LogP contribution is 2.43. The number of hydrogen-bond acceptors (Lipinski definition) is 7. The van der Waals surface area contributed by atoms with E-state index in [9.17, 15) is 4.79 Å². The Hall–Kier alpha value is -3.04. The predicted octanol–water partition coefficient (Wildman–Crippen LogP) is 2.14. The highest BCUT2D eigenvalue weighted by atomic mass is 16.5. The Labute approximate surface area is 179 Å². The number of carbonyl (C=O) groups is 1. The van der Waals surface area contributed by atoms with Crippen LogP contribution in [0.3, 0.4) is 0 Å². The second-order valence-corrected chi connectivity index (χ2v) is 8.53. The molecule has 2 saturated heterocycles. The highest BCUT2D eigenvalue weighted by Gasteiger charge is 2.52. The van der Waals surface area contributed by atoms with E-state index in [1.165, 1.54) is 0 Å². The average molecular weight is 420 g/mol. The third kappa shape index (κ3) is 2.76. The lowest BCUT2D eigenvalue weighted by atomic mass is 9.91. The first-order valence-electron chi connectivity index (χ1n) is 10.7. The number of nitrogens with one attached hydrogen (secondary N) is 1. The normalized spacial score (nSPS) is 24.4. The molecule has 1 amide bonds. The summed E-state index contributed by atoms with van der Waals surface area (Å²) >= 11 is 0. The molecule has 3 aliphatic heterocycles. The minimum Gasteiger partial charge on any atom is -0.381 e. The molecule has 9 nitrogen and oxygen atoms in total. The van der Waals surface area contributed by atoms with E-state index in [2.05, 4.69) is 19.9 Å². The van der Waals surface area contributed by atoms with Gasteiger partial charge in [-0.3, -0.25) is 9.78 Å². The number of nitrogens with zero attached hydrogens (tertiary/aromatic N) is 5. The maximum Gasteiger partial charge on any atom is 0.255 e. The van der Waals surface area contributed by atoms with E-state index in [0.717, 1.165) is 40.8 Å². The zero-order chi connectivity index (χ0) is 21.0. The third-order valence-corrected chi connectivity index (χ3v) is 6.66. The van der Waals surface area contributed by atoms with Crippen molar-refractivity contribution in [3.8, 4) is 11.4 Å². The predicted molar refractivity (Wildman–Crippen MR) is 115 cm³/mol. The Balaban J connectivity index is 1.52. The first-order chi connectivity index (χ1) is 15.2. The van der Waals surface area contributed by atoms with Gasteiger partial charge in [-0.05, 0) is 25.8 Å². The van der Waals surface area contributed by atoms with E-state index < -0.39 is 5.54 Å². The monoisotopic (exact) mass is 420 g/mol. The molecule has 6 rings (SSSR count). The fourth-order valence-corrected chi connectivity index (χ4v) is 4.97. The fourth-order valence-electron chi connectivity index (χ4n) is 4.97. The number of ether oxygens (including phenoxy) is 2. The summed E-state index contributed by atoms with van der Waals surface area (Å²) in [7, 11) is 0. The minimum atomic E-state index is -0.784. The van der Waals surface area contributed by atoms with Gasteiger partial charge in [-0.2, -0.15) is 0 Å². The van der Waals surface area contributed by atoms with Crippen LogP contribution in [0.2, 0.25) is 0 Å². The fraction of sp³-hybridized carbons (Fsp3) is 0.455. The topological polar surface area (TPSA) is 96.5 Å². The van der Waals surface area contributed by atoms with Crippen molar-refractivity contribution in [1.82, 2.24) is 19.9 Å². The molecule has 1 atom stereocenters. The number of pyridine rings is 1. The molecule has 0 aromatic carbocycles. The molecule has 6 heterocycles. The number of fused-ring (bicyclic) bond motifs is 4. The Kier molecular flexibility index (Phi) is 4.22. The van der Waals surface area contributed by atoms with E-state index in [-0.39, 0.29) is 11.9 Å². The van der Waals surface area contributed by atoms with Gasteiger partial charge in [-0.25, -0.2) is 9.97 Å². The van der Waals surface area contributed by atoms with Gasteiger partial charge in [0.15, 0.2) is 11.6 Å². The van der Waals surface area contributed by atoms with Gasteiger partial charge >= 0.3 is 0 Å². The van der Waals surface area contributed by atoms with Gasteiger partial charge in [0.1, 0.15) is 11.2 Å². The smallest absolute Gasteiger partial charge is 0.255 e.